The molecule has 0 aromatic carbocycles. The summed E-state index contributed by atoms with van der Waals surface area (Å²) in [5.41, 5.74) is 0. The molecule has 0 aliphatic carbocycles. The maximum absolute atomic E-state index is 11.7. The van der Waals surface area contributed by atoms with Gasteiger partial charge in [-0.05, 0) is 12.3 Å². The maximum Gasteiger partial charge on any atom is 0.242 e. The minimum atomic E-state index is -2.24. The van der Waals surface area contributed by atoms with Crippen LogP contribution in [0.5, 0.6) is 0 Å². The van der Waals surface area contributed by atoms with Crippen molar-refractivity contribution in [2.45, 2.75) is 25.8 Å². The van der Waals surface area contributed by atoms with Gasteiger partial charge in [0.1, 0.15) is 4.38 Å². The summed E-state index contributed by atoms with van der Waals surface area (Å²) in [6.07, 6.45) is -0.920. The van der Waals surface area contributed by atoms with Gasteiger partial charge in [-0.25, -0.2) is 8.78 Å². The molecule has 5 heteroatoms. The van der Waals surface area contributed by atoms with Crippen molar-refractivity contribution in [1.82, 2.24) is 0 Å². The highest BCUT2D eigenvalue weighted by Crippen LogP contribution is 2.26. The second-order valence-electron chi connectivity index (χ2n) is 2.67. The molecule has 0 fully saturated rings. The third-order valence-corrected chi connectivity index (χ3v) is 3.63. The van der Waals surface area contributed by atoms with Crippen LogP contribution in [-0.2, 0) is 0 Å². The first kappa shape index (κ1) is 11.0. The summed E-state index contributed by atoms with van der Waals surface area (Å²) in [4.78, 5) is 4.31. The lowest BCUT2D eigenvalue weighted by atomic mass is 10.4. The van der Waals surface area contributed by atoms with E-state index >= 15 is 0 Å². The number of hydrogen-bond donors (Lipinski definition) is 0. The van der Waals surface area contributed by atoms with Crippen LogP contribution < -0.4 is 0 Å². The zero-order valence-corrected chi connectivity index (χ0v) is 8.88. The third-order valence-electron chi connectivity index (χ3n) is 1.35. The normalized spacial score (nSPS) is 23.1. The van der Waals surface area contributed by atoms with Crippen LogP contribution in [0.1, 0.15) is 13.3 Å². The standard InChI is InChI=1S/C8H11F2NS2/c1-6-5-13-8(11-6)12-4-2-3-7(9)10/h2,4,6-7H,3,5H2,1H3/b4-2+. The fourth-order valence-electron chi connectivity index (χ4n) is 0.776. The van der Waals surface area contributed by atoms with E-state index in [9.17, 15) is 8.78 Å². The first-order chi connectivity index (χ1) is 6.18. The van der Waals surface area contributed by atoms with Crippen LogP contribution in [0.3, 0.4) is 0 Å². The summed E-state index contributed by atoms with van der Waals surface area (Å²) in [6, 6.07) is 0.371. The van der Waals surface area contributed by atoms with Crippen LogP contribution in [0.15, 0.2) is 16.5 Å². The lowest BCUT2D eigenvalue weighted by Crippen LogP contribution is -1.92. The number of alkyl halides is 2. The van der Waals surface area contributed by atoms with Crippen molar-refractivity contribution in [2.75, 3.05) is 5.75 Å². The molecule has 0 bridgehead atoms. The predicted octanol–water partition coefficient (Wildman–Crippen LogP) is 3.38. The van der Waals surface area contributed by atoms with E-state index in [2.05, 4.69) is 4.99 Å². The van der Waals surface area contributed by atoms with Gasteiger partial charge in [0.25, 0.3) is 0 Å². The van der Waals surface area contributed by atoms with E-state index in [0.29, 0.717) is 6.04 Å². The molecule has 1 atom stereocenters. The van der Waals surface area contributed by atoms with E-state index in [1.54, 1.807) is 17.2 Å². The largest absolute Gasteiger partial charge is 0.268 e. The maximum atomic E-state index is 11.7. The Morgan fingerprint density at radius 1 is 1.77 bits per heavy atom. The van der Waals surface area contributed by atoms with Crippen molar-refractivity contribution in [1.29, 1.82) is 0 Å². The van der Waals surface area contributed by atoms with Gasteiger partial charge in [0.05, 0.1) is 6.04 Å². The van der Waals surface area contributed by atoms with Crippen LogP contribution in [0.2, 0.25) is 0 Å². The highest BCUT2D eigenvalue weighted by Gasteiger charge is 2.12. The van der Waals surface area contributed by atoms with E-state index in [1.807, 2.05) is 6.92 Å². The van der Waals surface area contributed by atoms with Crippen LogP contribution >= 0.6 is 23.5 Å². The Balaban J connectivity index is 2.19. The first-order valence-corrected chi connectivity index (χ1v) is 5.85. The number of allylic oxidation sites excluding steroid dienone is 1. The number of hydrogen-bond acceptors (Lipinski definition) is 3. The zero-order valence-electron chi connectivity index (χ0n) is 7.24. The monoisotopic (exact) mass is 223 g/mol. The van der Waals surface area contributed by atoms with E-state index in [1.165, 1.54) is 17.8 Å². The highest BCUT2D eigenvalue weighted by atomic mass is 32.2. The molecule has 74 valence electrons. The average molecular weight is 223 g/mol. The number of nitrogens with zero attached hydrogens (tertiary/aromatic N) is 1. The summed E-state index contributed by atoms with van der Waals surface area (Å²) < 4.78 is 24.4. The summed E-state index contributed by atoms with van der Waals surface area (Å²) in [5.74, 6) is 1.00. The molecule has 0 saturated heterocycles. The molecule has 0 aromatic rings. The Labute approximate surface area is 85.1 Å². The SMILES string of the molecule is CC1CSC(S/C=C/CC(F)F)=N1. The minimum absolute atomic E-state index is 0.166. The number of thioether (sulfide) groups is 2. The number of halogens is 2. The topological polar surface area (TPSA) is 12.4 Å². The molecule has 0 N–H and O–H groups in total. The minimum Gasteiger partial charge on any atom is -0.268 e. The lowest BCUT2D eigenvalue weighted by molar-refractivity contribution is 0.152. The van der Waals surface area contributed by atoms with Crippen LogP contribution in [0.4, 0.5) is 8.78 Å². The molecular formula is C8H11F2NS2. The smallest absolute Gasteiger partial charge is 0.242 e. The Morgan fingerprint density at radius 2 is 2.54 bits per heavy atom. The molecule has 1 aliphatic heterocycles. The van der Waals surface area contributed by atoms with Crippen LogP contribution in [0, 0.1) is 0 Å². The second kappa shape index (κ2) is 5.65. The fraction of sp³-hybridized carbons (Fsp3) is 0.625. The van der Waals surface area contributed by atoms with E-state index < -0.39 is 6.43 Å². The molecule has 0 saturated carbocycles. The molecule has 0 spiro atoms. The van der Waals surface area contributed by atoms with Gasteiger partial charge < -0.3 is 0 Å². The molecule has 1 rings (SSSR count). The molecule has 1 unspecified atom stereocenters. The highest BCUT2D eigenvalue weighted by molar-refractivity contribution is 8.40. The third kappa shape index (κ3) is 4.67. The van der Waals surface area contributed by atoms with Gasteiger partial charge in [-0.2, -0.15) is 0 Å². The van der Waals surface area contributed by atoms with Crippen molar-refractivity contribution in [3.8, 4) is 0 Å². The number of rotatable bonds is 3. The fourth-order valence-corrected chi connectivity index (χ4v) is 2.70. The quantitative estimate of drug-likeness (QED) is 0.727. The van der Waals surface area contributed by atoms with E-state index in [0.717, 1.165) is 10.1 Å². The average Bonchev–Trinajstić information content (AvgIpc) is 2.45. The second-order valence-corrected chi connectivity index (χ2v) is 4.83. The molecule has 1 heterocycles. The van der Waals surface area contributed by atoms with Gasteiger partial charge in [-0.3, -0.25) is 4.99 Å². The van der Waals surface area contributed by atoms with Gasteiger partial charge in [-0.1, -0.05) is 29.6 Å². The van der Waals surface area contributed by atoms with Crippen molar-refractivity contribution in [3.63, 3.8) is 0 Å². The predicted molar refractivity (Wildman–Crippen MR) is 56.7 cm³/mol. The van der Waals surface area contributed by atoms with Crippen molar-refractivity contribution >= 4 is 27.9 Å². The van der Waals surface area contributed by atoms with Crippen molar-refractivity contribution in [2.24, 2.45) is 4.99 Å². The summed E-state index contributed by atoms with van der Waals surface area (Å²) in [6.45, 7) is 2.05. The van der Waals surface area contributed by atoms with Crippen LogP contribution in [0.25, 0.3) is 0 Å². The van der Waals surface area contributed by atoms with Gasteiger partial charge in [0.15, 0.2) is 0 Å². The van der Waals surface area contributed by atoms with Gasteiger partial charge in [-0.15, -0.1) is 0 Å². The first-order valence-electron chi connectivity index (χ1n) is 3.99. The summed E-state index contributed by atoms with van der Waals surface area (Å²) in [5, 5.41) is 1.69. The van der Waals surface area contributed by atoms with Crippen molar-refractivity contribution in [3.05, 3.63) is 11.5 Å². The van der Waals surface area contributed by atoms with Gasteiger partial charge in [0, 0.05) is 12.2 Å². The summed E-state index contributed by atoms with van der Waals surface area (Å²) in [7, 11) is 0. The molecule has 1 aliphatic rings. The Hall–Kier alpha value is -0.0300. The van der Waals surface area contributed by atoms with Crippen molar-refractivity contribution < 1.29 is 8.78 Å². The Kier molecular flexibility index (Phi) is 4.80. The molecule has 1 nitrogen and oxygen atoms in total. The zero-order chi connectivity index (χ0) is 9.68. The lowest BCUT2D eigenvalue weighted by Gasteiger charge is -1.92. The molecule has 0 amide bonds. The van der Waals surface area contributed by atoms with Crippen LogP contribution in [-0.4, -0.2) is 22.6 Å². The Morgan fingerprint density at radius 3 is 3.08 bits per heavy atom. The molecule has 0 radical (unpaired) electrons. The molecule has 13 heavy (non-hydrogen) atoms. The number of aliphatic imine (C=N–C) groups is 1. The summed E-state index contributed by atoms with van der Waals surface area (Å²) >= 11 is 3.11. The Bertz CT molecular complexity index is 216. The molecular weight excluding hydrogens is 212 g/mol. The van der Waals surface area contributed by atoms with Gasteiger partial charge >= 0.3 is 0 Å². The van der Waals surface area contributed by atoms with Gasteiger partial charge in [0.2, 0.25) is 6.43 Å². The van der Waals surface area contributed by atoms with E-state index in [4.69, 9.17) is 0 Å². The molecule has 0 aromatic heterocycles. The van der Waals surface area contributed by atoms with E-state index in [-0.39, 0.29) is 6.42 Å².